The smallest absolute Gasteiger partial charge is 0.0874 e. The highest BCUT2D eigenvalue weighted by Gasteiger charge is 2.28. The molecular weight excluding hydrogens is 212 g/mol. The van der Waals surface area contributed by atoms with Gasteiger partial charge in [-0.2, -0.15) is 0 Å². The van der Waals surface area contributed by atoms with Crippen molar-refractivity contribution >= 4 is 5.69 Å². The van der Waals surface area contributed by atoms with Gasteiger partial charge in [-0.25, -0.2) is 0 Å². The molecule has 3 rings (SSSR count). The Morgan fingerprint density at radius 3 is 3.12 bits per heavy atom. The van der Waals surface area contributed by atoms with Crippen LogP contribution < -0.4 is 10.2 Å². The number of nitrogens with one attached hydrogen (secondary N) is 1. The van der Waals surface area contributed by atoms with Gasteiger partial charge in [0.2, 0.25) is 0 Å². The number of benzene rings is 1. The minimum absolute atomic E-state index is 0.331. The molecule has 2 unspecified atom stereocenters. The van der Waals surface area contributed by atoms with E-state index in [2.05, 4.69) is 41.4 Å². The number of nitrogens with zero attached hydrogens (tertiary/aromatic N) is 1. The topological polar surface area (TPSA) is 24.5 Å². The maximum absolute atomic E-state index is 5.80. The first-order valence-electron chi connectivity index (χ1n) is 6.51. The third-order valence-electron chi connectivity index (χ3n) is 3.75. The molecule has 1 aromatic carbocycles. The molecule has 0 aliphatic carbocycles. The van der Waals surface area contributed by atoms with Gasteiger partial charge in [-0.15, -0.1) is 0 Å². The largest absolute Gasteiger partial charge is 0.374 e. The van der Waals surface area contributed by atoms with Crippen LogP contribution in [-0.4, -0.2) is 38.4 Å². The molecule has 3 nitrogen and oxygen atoms in total. The van der Waals surface area contributed by atoms with Crippen LogP contribution in [0.15, 0.2) is 24.3 Å². The molecule has 3 heteroatoms. The number of rotatable bonds is 2. The second-order valence-corrected chi connectivity index (χ2v) is 5.03. The zero-order valence-electron chi connectivity index (χ0n) is 10.4. The van der Waals surface area contributed by atoms with Gasteiger partial charge >= 0.3 is 0 Å². The Labute approximate surface area is 103 Å². The highest BCUT2D eigenvalue weighted by atomic mass is 16.5. The maximum Gasteiger partial charge on any atom is 0.0874 e. The molecule has 0 bridgehead atoms. The lowest BCUT2D eigenvalue weighted by molar-refractivity contribution is 0.0327. The fraction of sp³-hybridized carbons (Fsp3) is 0.571. The highest BCUT2D eigenvalue weighted by molar-refractivity contribution is 5.59. The quantitative estimate of drug-likeness (QED) is 0.835. The minimum atomic E-state index is 0.331. The molecule has 1 saturated heterocycles. The van der Waals surface area contributed by atoms with E-state index in [4.69, 9.17) is 4.74 Å². The summed E-state index contributed by atoms with van der Waals surface area (Å²) in [5.41, 5.74) is 2.87. The number of hydrogen-bond donors (Lipinski definition) is 1. The number of fused-ring (bicyclic) bond motifs is 1. The Kier molecular flexibility index (Phi) is 3.04. The molecule has 92 valence electrons. The molecule has 17 heavy (non-hydrogen) atoms. The molecule has 1 aromatic rings. The molecule has 0 aromatic heterocycles. The number of ether oxygens (including phenoxy) is 1. The van der Waals surface area contributed by atoms with E-state index in [1.165, 1.54) is 11.3 Å². The van der Waals surface area contributed by atoms with Gasteiger partial charge in [-0.3, -0.25) is 0 Å². The number of morpholine rings is 1. The van der Waals surface area contributed by atoms with Gasteiger partial charge in [-0.05, 0) is 25.0 Å². The van der Waals surface area contributed by atoms with Crippen molar-refractivity contribution in [3.05, 3.63) is 29.8 Å². The van der Waals surface area contributed by atoms with Gasteiger partial charge in [-0.1, -0.05) is 18.2 Å². The second-order valence-electron chi connectivity index (χ2n) is 5.03. The molecule has 2 heterocycles. The molecule has 0 saturated carbocycles. The van der Waals surface area contributed by atoms with Crippen molar-refractivity contribution in [2.24, 2.45) is 0 Å². The van der Waals surface area contributed by atoms with Crippen LogP contribution in [0.2, 0.25) is 0 Å². The Bertz CT molecular complexity index is 388. The van der Waals surface area contributed by atoms with Crippen LogP contribution in [0.3, 0.4) is 0 Å². The van der Waals surface area contributed by atoms with Crippen LogP contribution in [-0.2, 0) is 11.2 Å². The second kappa shape index (κ2) is 4.67. The van der Waals surface area contributed by atoms with E-state index < -0.39 is 0 Å². The van der Waals surface area contributed by atoms with Gasteiger partial charge < -0.3 is 15.0 Å². The van der Waals surface area contributed by atoms with Crippen LogP contribution in [0.4, 0.5) is 5.69 Å². The fourth-order valence-electron chi connectivity index (χ4n) is 2.86. The first-order chi connectivity index (χ1) is 8.34. The number of hydrogen-bond acceptors (Lipinski definition) is 3. The SMILES string of the molecule is CC1Cc2ccccc2N1CC1CNCCO1. The van der Waals surface area contributed by atoms with E-state index in [9.17, 15) is 0 Å². The molecule has 1 N–H and O–H groups in total. The minimum Gasteiger partial charge on any atom is -0.374 e. The maximum atomic E-state index is 5.80. The average Bonchev–Trinajstić information content (AvgIpc) is 2.68. The lowest BCUT2D eigenvalue weighted by Crippen LogP contribution is -2.46. The Morgan fingerprint density at radius 2 is 2.29 bits per heavy atom. The summed E-state index contributed by atoms with van der Waals surface area (Å²) in [6, 6.07) is 9.33. The van der Waals surface area contributed by atoms with Gasteiger partial charge in [0.15, 0.2) is 0 Å². The van der Waals surface area contributed by atoms with Crippen molar-refractivity contribution in [1.82, 2.24) is 5.32 Å². The van der Waals surface area contributed by atoms with Crippen molar-refractivity contribution in [3.63, 3.8) is 0 Å². The first-order valence-corrected chi connectivity index (χ1v) is 6.51. The van der Waals surface area contributed by atoms with E-state index in [1.807, 2.05) is 0 Å². The standard InChI is InChI=1S/C14H20N2O/c1-11-8-12-4-2-3-5-14(12)16(11)10-13-9-15-6-7-17-13/h2-5,11,13,15H,6-10H2,1H3. The van der Waals surface area contributed by atoms with Gasteiger partial charge in [0, 0.05) is 31.4 Å². The summed E-state index contributed by atoms with van der Waals surface area (Å²) in [6.07, 6.45) is 1.49. The highest BCUT2D eigenvalue weighted by Crippen LogP contribution is 2.31. The fourth-order valence-corrected chi connectivity index (χ4v) is 2.86. The van der Waals surface area contributed by atoms with Crippen LogP contribution in [0.1, 0.15) is 12.5 Å². The first kappa shape index (κ1) is 11.1. The summed E-state index contributed by atoms with van der Waals surface area (Å²) >= 11 is 0. The van der Waals surface area contributed by atoms with Crippen molar-refractivity contribution in [2.75, 3.05) is 31.1 Å². The van der Waals surface area contributed by atoms with Crippen LogP contribution in [0.25, 0.3) is 0 Å². The van der Waals surface area contributed by atoms with E-state index in [0.717, 1.165) is 32.7 Å². The molecule has 2 aliphatic heterocycles. The average molecular weight is 232 g/mol. The van der Waals surface area contributed by atoms with E-state index in [1.54, 1.807) is 0 Å². The van der Waals surface area contributed by atoms with E-state index in [-0.39, 0.29) is 0 Å². The monoisotopic (exact) mass is 232 g/mol. The summed E-state index contributed by atoms with van der Waals surface area (Å²) in [5.74, 6) is 0. The van der Waals surface area contributed by atoms with Gasteiger partial charge in [0.25, 0.3) is 0 Å². The molecule has 0 radical (unpaired) electrons. The van der Waals surface area contributed by atoms with Crippen LogP contribution in [0, 0.1) is 0 Å². The molecule has 0 amide bonds. The molecule has 2 aliphatic rings. The molecule has 1 fully saturated rings. The summed E-state index contributed by atoms with van der Waals surface area (Å²) in [7, 11) is 0. The predicted octanol–water partition coefficient (Wildman–Crippen LogP) is 1.43. The van der Waals surface area contributed by atoms with E-state index >= 15 is 0 Å². The van der Waals surface area contributed by atoms with Crippen LogP contribution >= 0.6 is 0 Å². The lowest BCUT2D eigenvalue weighted by Gasteiger charge is -2.32. The Morgan fingerprint density at radius 1 is 1.41 bits per heavy atom. The summed E-state index contributed by atoms with van der Waals surface area (Å²) in [4.78, 5) is 2.49. The van der Waals surface area contributed by atoms with Gasteiger partial charge in [0.1, 0.15) is 0 Å². The summed E-state index contributed by atoms with van der Waals surface area (Å²) in [5, 5.41) is 3.40. The molecular formula is C14H20N2O. The van der Waals surface area contributed by atoms with Crippen molar-refractivity contribution in [3.8, 4) is 0 Å². The lowest BCUT2D eigenvalue weighted by atomic mass is 10.1. The third kappa shape index (κ3) is 2.17. The molecule has 2 atom stereocenters. The van der Waals surface area contributed by atoms with Crippen LogP contribution in [0.5, 0.6) is 0 Å². The predicted molar refractivity (Wildman–Crippen MR) is 69.6 cm³/mol. The molecule has 0 spiro atoms. The number of para-hydroxylation sites is 1. The van der Waals surface area contributed by atoms with E-state index in [0.29, 0.717) is 12.1 Å². The van der Waals surface area contributed by atoms with Crippen molar-refractivity contribution in [1.29, 1.82) is 0 Å². The zero-order chi connectivity index (χ0) is 11.7. The number of anilines is 1. The van der Waals surface area contributed by atoms with Gasteiger partial charge in [0.05, 0.1) is 12.7 Å². The summed E-state index contributed by atoms with van der Waals surface area (Å²) < 4.78 is 5.80. The third-order valence-corrected chi connectivity index (χ3v) is 3.75. The Balaban J connectivity index is 1.74. The summed E-state index contributed by atoms with van der Waals surface area (Å²) in [6.45, 7) is 6.12. The van der Waals surface area contributed by atoms with Crippen molar-refractivity contribution < 1.29 is 4.74 Å². The zero-order valence-corrected chi connectivity index (χ0v) is 10.4. The normalized spacial score (nSPS) is 28.2. The van der Waals surface area contributed by atoms with Crippen molar-refractivity contribution in [2.45, 2.75) is 25.5 Å². The Hall–Kier alpha value is -1.06.